The van der Waals surface area contributed by atoms with Gasteiger partial charge in [0.05, 0.1) is 6.54 Å². The molecule has 0 atom stereocenters. The van der Waals surface area contributed by atoms with E-state index in [2.05, 4.69) is 17.1 Å². The minimum Gasteiger partial charge on any atom is -0.483 e. The van der Waals surface area contributed by atoms with Crippen LogP contribution >= 0.6 is 0 Å². The molecule has 0 aliphatic carbocycles. The Morgan fingerprint density at radius 1 is 1.35 bits per heavy atom. The van der Waals surface area contributed by atoms with Gasteiger partial charge in [-0.15, -0.1) is 0 Å². The number of nitrogens with zero attached hydrogens (tertiary/aromatic N) is 3. The lowest BCUT2D eigenvalue weighted by Gasteiger charge is -1.96. The standard InChI is InChI=1S/C11H15N3.CH2O2/c1-2-3-6-9-14-12-10-7-4-5-8-11(10)13-14;2-1-3/h4-5,7-8H,2-3,6,9H2,1H3;1H,(H,2,3)/i;1D. The molecule has 0 spiro atoms. The van der Waals surface area contributed by atoms with Crippen molar-refractivity contribution in [2.24, 2.45) is 0 Å². The Kier molecular flexibility index (Phi) is 5.02. The van der Waals surface area contributed by atoms with Gasteiger partial charge in [-0.25, -0.2) is 0 Å². The zero-order valence-corrected chi connectivity index (χ0v) is 9.83. The average Bonchev–Trinajstić information content (AvgIpc) is 2.71. The van der Waals surface area contributed by atoms with Gasteiger partial charge in [-0.05, 0) is 18.6 Å². The average molecular weight is 236 g/mol. The summed E-state index contributed by atoms with van der Waals surface area (Å²) in [7, 11) is 0. The maximum atomic E-state index is 8.67. The normalized spacial score (nSPS) is 10.5. The number of aryl methyl sites for hydroxylation is 1. The van der Waals surface area contributed by atoms with Crippen molar-refractivity contribution in [3.63, 3.8) is 0 Å². The molecule has 0 fully saturated rings. The molecule has 0 unspecified atom stereocenters. The van der Waals surface area contributed by atoms with Crippen molar-refractivity contribution in [2.45, 2.75) is 32.7 Å². The summed E-state index contributed by atoms with van der Waals surface area (Å²) in [6, 6.07) is 7.98. The fourth-order valence-electron chi connectivity index (χ4n) is 1.51. The fraction of sp³-hybridized carbons (Fsp3) is 0.417. The van der Waals surface area contributed by atoms with Gasteiger partial charge in [-0.1, -0.05) is 31.9 Å². The van der Waals surface area contributed by atoms with Crippen molar-refractivity contribution in [1.29, 1.82) is 0 Å². The number of hydrogen-bond donors (Lipinski definition) is 1. The van der Waals surface area contributed by atoms with E-state index in [9.17, 15) is 0 Å². The fourth-order valence-corrected chi connectivity index (χ4v) is 1.51. The number of carboxylic acid groups (broad SMARTS) is 1. The van der Waals surface area contributed by atoms with E-state index in [0.717, 1.165) is 24.0 Å². The minimum absolute atomic E-state index is 0.933. The largest absolute Gasteiger partial charge is 0.483 e. The summed E-state index contributed by atoms with van der Waals surface area (Å²) >= 11 is 0. The zero-order valence-electron chi connectivity index (χ0n) is 10.8. The molecule has 1 N–H and O–H groups in total. The van der Waals surface area contributed by atoms with Crippen LogP contribution in [0, 0.1) is 0 Å². The Bertz CT molecular complexity index is 462. The molecule has 0 saturated carbocycles. The molecule has 92 valence electrons. The molecule has 0 bridgehead atoms. The van der Waals surface area contributed by atoms with Crippen LogP contribution in [0.2, 0.25) is 0 Å². The maximum Gasteiger partial charge on any atom is 0.290 e. The van der Waals surface area contributed by atoms with E-state index in [1.54, 1.807) is 4.80 Å². The van der Waals surface area contributed by atoms with E-state index in [1.165, 1.54) is 12.8 Å². The van der Waals surface area contributed by atoms with Crippen LogP contribution in [0.1, 0.15) is 27.6 Å². The molecule has 1 aromatic carbocycles. The van der Waals surface area contributed by atoms with Crippen molar-refractivity contribution >= 4 is 17.5 Å². The molecule has 0 aliphatic rings. The van der Waals surface area contributed by atoms with Gasteiger partial charge < -0.3 is 5.11 Å². The highest BCUT2D eigenvalue weighted by Crippen LogP contribution is 2.07. The van der Waals surface area contributed by atoms with Crippen molar-refractivity contribution < 1.29 is 11.3 Å². The molecular weight excluding hydrogens is 218 g/mol. The van der Waals surface area contributed by atoms with Crippen LogP contribution in [0.25, 0.3) is 11.0 Å². The summed E-state index contributed by atoms with van der Waals surface area (Å²) < 4.78 is 5.50. The summed E-state index contributed by atoms with van der Waals surface area (Å²) in [5, 5.41) is 15.9. The molecule has 17 heavy (non-hydrogen) atoms. The Morgan fingerprint density at radius 2 is 1.88 bits per heavy atom. The van der Waals surface area contributed by atoms with Crippen LogP contribution < -0.4 is 0 Å². The third kappa shape index (κ3) is 4.22. The van der Waals surface area contributed by atoms with Gasteiger partial charge in [0.1, 0.15) is 11.0 Å². The second kappa shape index (κ2) is 7.38. The van der Waals surface area contributed by atoms with Crippen LogP contribution in [0.5, 0.6) is 0 Å². The molecule has 5 heteroatoms. The van der Waals surface area contributed by atoms with Crippen LogP contribution in [-0.2, 0) is 11.3 Å². The van der Waals surface area contributed by atoms with E-state index in [1.807, 2.05) is 24.3 Å². The van der Waals surface area contributed by atoms with Gasteiger partial charge in [-0.2, -0.15) is 15.0 Å². The maximum absolute atomic E-state index is 8.67. The van der Waals surface area contributed by atoms with Crippen molar-refractivity contribution in [3.05, 3.63) is 24.3 Å². The molecule has 0 radical (unpaired) electrons. The second-order valence-electron chi connectivity index (χ2n) is 3.58. The lowest BCUT2D eigenvalue weighted by Crippen LogP contribution is -2.01. The lowest BCUT2D eigenvalue weighted by atomic mass is 10.2. The SMILES string of the molecule is CCCCCn1nc2ccccc2n1.[2H]C(=O)O. The van der Waals surface area contributed by atoms with Crippen LogP contribution in [-0.4, -0.2) is 26.5 Å². The first kappa shape index (κ1) is 11.6. The molecule has 5 nitrogen and oxygen atoms in total. The number of aromatic nitrogens is 3. The number of rotatable bonds is 4. The number of fused-ring (bicyclic) bond motifs is 1. The number of hydrogen-bond acceptors (Lipinski definition) is 3. The molecule has 0 aliphatic heterocycles. The van der Waals surface area contributed by atoms with E-state index < -0.39 is 6.45 Å². The van der Waals surface area contributed by atoms with Crippen molar-refractivity contribution in [3.8, 4) is 0 Å². The molecule has 2 aromatic rings. The second-order valence-corrected chi connectivity index (χ2v) is 3.58. The third-order valence-electron chi connectivity index (χ3n) is 2.29. The lowest BCUT2D eigenvalue weighted by molar-refractivity contribution is -0.122. The van der Waals surface area contributed by atoms with Gasteiger partial charge in [0.15, 0.2) is 1.37 Å². The summed E-state index contributed by atoms with van der Waals surface area (Å²) in [5.41, 5.74) is 1.98. The van der Waals surface area contributed by atoms with E-state index >= 15 is 0 Å². The van der Waals surface area contributed by atoms with Gasteiger partial charge in [-0.3, -0.25) is 4.79 Å². The monoisotopic (exact) mass is 236 g/mol. The van der Waals surface area contributed by atoms with Gasteiger partial charge in [0.2, 0.25) is 0 Å². The molecule has 1 heterocycles. The van der Waals surface area contributed by atoms with Crippen LogP contribution in [0.4, 0.5) is 0 Å². The van der Waals surface area contributed by atoms with Gasteiger partial charge in [0.25, 0.3) is 6.45 Å². The topological polar surface area (TPSA) is 68.0 Å². The van der Waals surface area contributed by atoms with Crippen LogP contribution in [0.3, 0.4) is 0 Å². The molecule has 0 amide bonds. The number of carbonyl (C=O) groups is 1. The Balaban J connectivity index is 0.000000357. The first-order valence-electron chi connectivity index (χ1n) is 6.13. The van der Waals surface area contributed by atoms with E-state index in [4.69, 9.17) is 11.3 Å². The highest BCUT2D eigenvalue weighted by molar-refractivity contribution is 5.72. The predicted molar refractivity (Wildman–Crippen MR) is 65.7 cm³/mol. The quantitative estimate of drug-likeness (QED) is 0.653. The van der Waals surface area contributed by atoms with E-state index in [-0.39, 0.29) is 0 Å². The zero-order chi connectivity index (χ0) is 13.4. The molecule has 2 rings (SSSR count). The van der Waals surface area contributed by atoms with Crippen molar-refractivity contribution in [2.75, 3.05) is 0 Å². The van der Waals surface area contributed by atoms with Gasteiger partial charge >= 0.3 is 0 Å². The molecule has 0 saturated heterocycles. The third-order valence-corrected chi connectivity index (χ3v) is 2.29. The summed E-state index contributed by atoms with van der Waals surface area (Å²) in [5.74, 6) is 0. The highest BCUT2D eigenvalue weighted by Gasteiger charge is 1.99. The number of unbranched alkanes of at least 4 members (excludes halogenated alkanes) is 2. The number of benzene rings is 1. The predicted octanol–water partition coefficient (Wildman–Crippen LogP) is 2.32. The van der Waals surface area contributed by atoms with Crippen LogP contribution in [0.15, 0.2) is 24.3 Å². The van der Waals surface area contributed by atoms with Crippen molar-refractivity contribution in [1.82, 2.24) is 15.0 Å². The Hall–Kier alpha value is -1.91. The molecule has 1 aromatic heterocycles. The summed E-state index contributed by atoms with van der Waals surface area (Å²) in [6.07, 6.45) is 2.07. The molecular formula is C12H17N3O2. The Labute approximate surface area is 101 Å². The van der Waals surface area contributed by atoms with E-state index in [0.29, 0.717) is 0 Å². The smallest absolute Gasteiger partial charge is 0.290 e. The first-order chi connectivity index (χ1) is 8.63. The minimum atomic E-state index is -1.58. The van der Waals surface area contributed by atoms with Gasteiger partial charge in [0, 0.05) is 0 Å². The Morgan fingerprint density at radius 3 is 2.35 bits per heavy atom. The summed E-state index contributed by atoms with van der Waals surface area (Å²) in [4.78, 5) is 10.5. The first-order valence-corrected chi connectivity index (χ1v) is 5.63. The highest BCUT2D eigenvalue weighted by atomic mass is 16.3. The summed E-state index contributed by atoms with van der Waals surface area (Å²) in [6.45, 7) is 3.13.